The maximum absolute atomic E-state index is 12.1. The van der Waals surface area contributed by atoms with Gasteiger partial charge in [-0.25, -0.2) is 10.2 Å². The quantitative estimate of drug-likeness (QED) is 0.434. The van der Waals surface area contributed by atoms with Gasteiger partial charge in [-0.05, 0) is 35.9 Å². The number of hydrazone groups is 1. The smallest absolute Gasteiger partial charge is 0.341 e. The Morgan fingerprint density at radius 3 is 2.74 bits per heavy atom. The molecule has 0 unspecified atom stereocenters. The van der Waals surface area contributed by atoms with Gasteiger partial charge in [0.1, 0.15) is 5.75 Å². The molecular formula is C17H14BrClN2O6. The highest BCUT2D eigenvalue weighted by Gasteiger charge is 2.14. The highest BCUT2D eigenvalue weighted by molar-refractivity contribution is 9.10. The summed E-state index contributed by atoms with van der Waals surface area (Å²) in [6.07, 6.45) is 1.31. The van der Waals surface area contributed by atoms with Crippen molar-refractivity contribution in [2.24, 2.45) is 5.10 Å². The van der Waals surface area contributed by atoms with Crippen molar-refractivity contribution in [1.82, 2.24) is 5.43 Å². The van der Waals surface area contributed by atoms with Gasteiger partial charge in [0.2, 0.25) is 0 Å². The number of hydrogen-bond donors (Lipinski definition) is 3. The van der Waals surface area contributed by atoms with E-state index in [0.717, 1.165) is 0 Å². The molecule has 2 rings (SSSR count). The molecule has 142 valence electrons. The fraction of sp³-hybridized carbons (Fsp3) is 0.118. The van der Waals surface area contributed by atoms with E-state index in [1.165, 1.54) is 37.6 Å². The molecule has 0 saturated heterocycles. The second-order valence-corrected chi connectivity index (χ2v) is 6.40. The predicted octanol–water partition coefficient (Wildman–Crippen LogP) is 3.04. The lowest BCUT2D eigenvalue weighted by Crippen LogP contribution is -2.17. The molecule has 2 aromatic carbocycles. The largest absolute Gasteiger partial charge is 0.507 e. The molecule has 0 aromatic heterocycles. The number of phenols is 1. The third kappa shape index (κ3) is 5.60. The lowest BCUT2D eigenvalue weighted by atomic mass is 10.2. The van der Waals surface area contributed by atoms with E-state index < -0.39 is 18.5 Å². The van der Waals surface area contributed by atoms with Crippen LogP contribution in [0.1, 0.15) is 15.9 Å². The molecular weight excluding hydrogens is 444 g/mol. The number of aliphatic carboxylic acids is 1. The van der Waals surface area contributed by atoms with Gasteiger partial charge in [0.25, 0.3) is 5.91 Å². The Morgan fingerprint density at radius 2 is 2.07 bits per heavy atom. The minimum Gasteiger partial charge on any atom is -0.507 e. The van der Waals surface area contributed by atoms with Gasteiger partial charge in [-0.1, -0.05) is 27.5 Å². The average Bonchev–Trinajstić information content (AvgIpc) is 2.62. The number of nitrogens with one attached hydrogen (secondary N) is 1. The minimum atomic E-state index is -1.16. The van der Waals surface area contributed by atoms with Crippen LogP contribution in [0, 0.1) is 0 Å². The minimum absolute atomic E-state index is 0.0505. The van der Waals surface area contributed by atoms with Gasteiger partial charge in [0.15, 0.2) is 18.1 Å². The van der Waals surface area contributed by atoms with Crippen molar-refractivity contribution in [3.05, 3.63) is 51.0 Å². The molecule has 0 radical (unpaired) electrons. The first-order valence-electron chi connectivity index (χ1n) is 7.36. The van der Waals surface area contributed by atoms with Crippen LogP contribution in [0.25, 0.3) is 0 Å². The maximum Gasteiger partial charge on any atom is 0.341 e. The average molecular weight is 458 g/mol. The molecule has 2 aromatic rings. The number of rotatable bonds is 7. The Bertz CT molecular complexity index is 903. The second kappa shape index (κ2) is 9.24. The molecule has 0 saturated carbocycles. The number of carboxylic acids is 1. The molecule has 8 nitrogen and oxygen atoms in total. The van der Waals surface area contributed by atoms with Gasteiger partial charge in [0, 0.05) is 4.47 Å². The summed E-state index contributed by atoms with van der Waals surface area (Å²) < 4.78 is 10.9. The van der Waals surface area contributed by atoms with Gasteiger partial charge in [-0.3, -0.25) is 4.79 Å². The lowest BCUT2D eigenvalue weighted by Gasteiger charge is -2.11. The first-order valence-corrected chi connectivity index (χ1v) is 8.53. The summed E-state index contributed by atoms with van der Waals surface area (Å²) in [5, 5.41) is 22.3. The predicted molar refractivity (Wildman–Crippen MR) is 102 cm³/mol. The standard InChI is InChI=1S/C17H14BrClN2O6/c1-26-14-5-9(4-12(19)16(14)27-8-15(23)24)7-20-21-17(25)11-6-10(18)2-3-13(11)22/h2-7,22H,8H2,1H3,(H,21,25)(H,23,24)/b20-7-. The number of phenolic OH excluding ortho intramolecular Hbond substituents is 1. The number of methoxy groups -OCH3 is 1. The molecule has 10 heteroatoms. The number of halogens is 2. The Hall–Kier alpha value is -2.78. The summed E-state index contributed by atoms with van der Waals surface area (Å²) in [5.74, 6) is -1.65. The molecule has 0 aliphatic heterocycles. The Labute approximate surface area is 167 Å². The van der Waals surface area contributed by atoms with E-state index in [9.17, 15) is 14.7 Å². The topological polar surface area (TPSA) is 117 Å². The number of carbonyl (C=O) groups excluding carboxylic acids is 1. The van der Waals surface area contributed by atoms with Crippen molar-refractivity contribution < 1.29 is 29.3 Å². The summed E-state index contributed by atoms with van der Waals surface area (Å²) in [7, 11) is 1.37. The van der Waals surface area contributed by atoms with Crippen molar-refractivity contribution >= 4 is 45.6 Å². The number of carbonyl (C=O) groups is 2. The van der Waals surface area contributed by atoms with E-state index in [1.807, 2.05) is 0 Å². The molecule has 0 fully saturated rings. The van der Waals surface area contributed by atoms with E-state index in [-0.39, 0.29) is 27.8 Å². The number of nitrogens with zero attached hydrogens (tertiary/aromatic N) is 1. The summed E-state index contributed by atoms with van der Waals surface area (Å²) in [5.41, 5.74) is 2.81. The van der Waals surface area contributed by atoms with Crippen LogP contribution in [0.4, 0.5) is 0 Å². The van der Waals surface area contributed by atoms with Crippen LogP contribution in [0.3, 0.4) is 0 Å². The number of amides is 1. The fourth-order valence-corrected chi connectivity index (χ4v) is 2.64. The van der Waals surface area contributed by atoms with Gasteiger partial charge in [-0.2, -0.15) is 5.10 Å². The first-order chi connectivity index (χ1) is 12.8. The van der Waals surface area contributed by atoms with Crippen LogP contribution in [0.5, 0.6) is 17.2 Å². The van der Waals surface area contributed by atoms with E-state index in [4.69, 9.17) is 26.2 Å². The molecule has 27 heavy (non-hydrogen) atoms. The Kier molecular flexibility index (Phi) is 7.03. The number of carboxylic acid groups (broad SMARTS) is 1. The van der Waals surface area contributed by atoms with Gasteiger partial charge >= 0.3 is 5.97 Å². The zero-order valence-corrected chi connectivity index (χ0v) is 16.2. The molecule has 0 aliphatic rings. The monoisotopic (exact) mass is 456 g/mol. The highest BCUT2D eigenvalue weighted by Crippen LogP contribution is 2.36. The van der Waals surface area contributed by atoms with Gasteiger partial charge in [0.05, 0.1) is 23.9 Å². The van der Waals surface area contributed by atoms with Gasteiger partial charge < -0.3 is 19.7 Å². The van der Waals surface area contributed by atoms with E-state index in [2.05, 4.69) is 26.5 Å². The Morgan fingerprint density at radius 1 is 1.33 bits per heavy atom. The zero-order chi connectivity index (χ0) is 20.0. The first kappa shape index (κ1) is 20.5. The van der Waals surface area contributed by atoms with Crippen molar-refractivity contribution in [2.45, 2.75) is 0 Å². The summed E-state index contributed by atoms with van der Waals surface area (Å²) in [6.45, 7) is -0.574. The number of ether oxygens (including phenoxy) is 2. The van der Waals surface area contributed by atoms with Crippen molar-refractivity contribution in [3.8, 4) is 17.2 Å². The van der Waals surface area contributed by atoms with E-state index in [0.29, 0.717) is 10.0 Å². The van der Waals surface area contributed by atoms with Crippen molar-refractivity contribution in [1.29, 1.82) is 0 Å². The molecule has 0 bridgehead atoms. The van der Waals surface area contributed by atoms with Crippen LogP contribution in [0.15, 0.2) is 39.9 Å². The van der Waals surface area contributed by atoms with Crippen LogP contribution in [-0.2, 0) is 4.79 Å². The second-order valence-electron chi connectivity index (χ2n) is 5.08. The normalized spacial score (nSPS) is 10.6. The summed E-state index contributed by atoms with van der Waals surface area (Å²) in [6, 6.07) is 7.40. The van der Waals surface area contributed by atoms with Crippen LogP contribution >= 0.6 is 27.5 Å². The molecule has 1 amide bonds. The molecule has 3 N–H and O–H groups in total. The molecule has 0 aliphatic carbocycles. The van der Waals surface area contributed by atoms with Crippen LogP contribution < -0.4 is 14.9 Å². The number of hydrogen-bond acceptors (Lipinski definition) is 6. The van der Waals surface area contributed by atoms with Crippen molar-refractivity contribution in [2.75, 3.05) is 13.7 Å². The maximum atomic E-state index is 12.1. The molecule has 0 heterocycles. The van der Waals surface area contributed by atoms with Crippen LogP contribution in [-0.4, -0.2) is 42.0 Å². The fourth-order valence-electron chi connectivity index (χ4n) is 2.00. The SMILES string of the molecule is COc1cc(/C=N\NC(=O)c2cc(Br)ccc2O)cc(Cl)c1OCC(=O)O. The van der Waals surface area contributed by atoms with E-state index in [1.54, 1.807) is 6.07 Å². The molecule has 0 atom stereocenters. The highest BCUT2D eigenvalue weighted by atomic mass is 79.9. The van der Waals surface area contributed by atoms with E-state index >= 15 is 0 Å². The summed E-state index contributed by atoms with van der Waals surface area (Å²) in [4.78, 5) is 22.7. The lowest BCUT2D eigenvalue weighted by molar-refractivity contribution is -0.139. The van der Waals surface area contributed by atoms with Gasteiger partial charge in [-0.15, -0.1) is 0 Å². The number of benzene rings is 2. The third-order valence-electron chi connectivity index (χ3n) is 3.17. The van der Waals surface area contributed by atoms with Crippen LogP contribution in [0.2, 0.25) is 5.02 Å². The molecule has 0 spiro atoms. The third-order valence-corrected chi connectivity index (χ3v) is 3.95. The number of aromatic hydroxyl groups is 1. The zero-order valence-electron chi connectivity index (χ0n) is 13.9. The summed E-state index contributed by atoms with van der Waals surface area (Å²) >= 11 is 9.30. The van der Waals surface area contributed by atoms with Crippen molar-refractivity contribution in [3.63, 3.8) is 0 Å². The Balaban J connectivity index is 2.14.